The summed E-state index contributed by atoms with van der Waals surface area (Å²) in [5.41, 5.74) is 4.38. The summed E-state index contributed by atoms with van der Waals surface area (Å²) in [6.45, 7) is 4.09. The van der Waals surface area contributed by atoms with Crippen LogP contribution in [0.5, 0.6) is 0 Å². The molecule has 34 heavy (non-hydrogen) atoms. The zero-order valence-corrected chi connectivity index (χ0v) is 20.2. The normalized spacial score (nSPS) is 11.3. The van der Waals surface area contributed by atoms with E-state index in [-0.39, 0.29) is 22.0 Å². The molecule has 9 heteroatoms. The number of rotatable bonds is 7. The van der Waals surface area contributed by atoms with Gasteiger partial charge in [0.2, 0.25) is 0 Å². The molecule has 7 nitrogen and oxygen atoms in total. The van der Waals surface area contributed by atoms with Crippen molar-refractivity contribution < 1.29 is 13.2 Å². The van der Waals surface area contributed by atoms with Crippen molar-refractivity contribution in [1.82, 2.24) is 14.9 Å². The molecule has 2 N–H and O–H groups in total. The third-order valence-electron chi connectivity index (χ3n) is 5.46. The molecule has 0 aliphatic rings. The molecule has 0 radical (unpaired) electrons. The zero-order chi connectivity index (χ0) is 24.3. The molecule has 1 aromatic heterocycles. The Hall–Kier alpha value is -3.62. The summed E-state index contributed by atoms with van der Waals surface area (Å²) in [7, 11) is -4.01. The average molecular weight is 495 g/mol. The summed E-state index contributed by atoms with van der Waals surface area (Å²) in [6.07, 6.45) is 5.18. The van der Waals surface area contributed by atoms with Crippen molar-refractivity contribution >= 4 is 33.2 Å². The standard InChI is InChI=1S/C25H23ClN4O3S/c1-17-7-9-21(13-18(17)2)29-34(32,33)24-14-19(8-10-22(24)26)25(31)28-15-20-5-3-4-6-23(20)30-12-11-27-16-30/h3-14,16,29H,15H2,1-2H3,(H,28,31). The van der Waals surface area contributed by atoms with Gasteiger partial charge in [-0.3, -0.25) is 9.52 Å². The van der Waals surface area contributed by atoms with Crippen LogP contribution < -0.4 is 10.0 Å². The number of hydrogen-bond acceptors (Lipinski definition) is 4. The Morgan fingerprint density at radius 2 is 1.82 bits per heavy atom. The third-order valence-corrected chi connectivity index (χ3v) is 7.32. The SMILES string of the molecule is Cc1ccc(NS(=O)(=O)c2cc(C(=O)NCc3ccccc3-n3ccnc3)ccc2Cl)cc1C. The number of sulfonamides is 1. The summed E-state index contributed by atoms with van der Waals surface area (Å²) >= 11 is 6.20. The van der Waals surface area contributed by atoms with Crippen molar-refractivity contribution in [2.24, 2.45) is 0 Å². The maximum absolute atomic E-state index is 13.0. The highest BCUT2D eigenvalue weighted by Gasteiger charge is 2.21. The fourth-order valence-electron chi connectivity index (χ4n) is 3.46. The zero-order valence-electron chi connectivity index (χ0n) is 18.6. The van der Waals surface area contributed by atoms with Gasteiger partial charge in [-0.25, -0.2) is 13.4 Å². The number of aryl methyl sites for hydroxylation is 2. The van der Waals surface area contributed by atoms with Gasteiger partial charge in [0.1, 0.15) is 4.90 Å². The first-order valence-electron chi connectivity index (χ1n) is 10.5. The third kappa shape index (κ3) is 5.13. The second-order valence-electron chi connectivity index (χ2n) is 7.83. The summed E-state index contributed by atoms with van der Waals surface area (Å²) in [4.78, 5) is 16.8. The first kappa shape index (κ1) is 23.5. The Morgan fingerprint density at radius 1 is 1.03 bits per heavy atom. The van der Waals surface area contributed by atoms with Crippen LogP contribution in [0.2, 0.25) is 5.02 Å². The van der Waals surface area contributed by atoms with Crippen LogP contribution in [-0.4, -0.2) is 23.9 Å². The van der Waals surface area contributed by atoms with Crippen molar-refractivity contribution in [3.05, 3.63) is 107 Å². The van der Waals surface area contributed by atoms with E-state index in [1.807, 2.05) is 54.9 Å². The average Bonchev–Trinajstić information content (AvgIpc) is 3.35. The first-order chi connectivity index (χ1) is 16.2. The van der Waals surface area contributed by atoms with Crippen LogP contribution in [-0.2, 0) is 16.6 Å². The van der Waals surface area contributed by atoms with Crippen molar-refractivity contribution in [3.8, 4) is 5.69 Å². The van der Waals surface area contributed by atoms with Crippen molar-refractivity contribution in [3.63, 3.8) is 0 Å². The smallest absolute Gasteiger partial charge is 0.263 e. The summed E-state index contributed by atoms with van der Waals surface area (Å²) in [6, 6.07) is 17.1. The van der Waals surface area contributed by atoms with Gasteiger partial charge in [0.25, 0.3) is 15.9 Å². The molecular weight excluding hydrogens is 472 g/mol. The lowest BCUT2D eigenvalue weighted by Crippen LogP contribution is -2.24. The van der Waals surface area contributed by atoms with Crippen molar-refractivity contribution in [2.75, 3.05) is 4.72 Å². The number of para-hydroxylation sites is 1. The molecule has 1 amide bonds. The largest absolute Gasteiger partial charge is 0.348 e. The predicted octanol–water partition coefficient (Wildman–Crippen LogP) is 4.87. The van der Waals surface area contributed by atoms with Gasteiger partial charge < -0.3 is 9.88 Å². The number of carbonyl (C=O) groups is 1. The van der Waals surface area contributed by atoms with Gasteiger partial charge in [0.15, 0.2) is 0 Å². The minimum Gasteiger partial charge on any atom is -0.348 e. The Bertz CT molecular complexity index is 1450. The summed E-state index contributed by atoms with van der Waals surface area (Å²) in [5, 5.41) is 2.87. The van der Waals surface area contributed by atoms with Gasteiger partial charge in [-0.1, -0.05) is 35.9 Å². The summed E-state index contributed by atoms with van der Waals surface area (Å²) in [5.74, 6) is -0.417. The van der Waals surface area contributed by atoms with Gasteiger partial charge in [0, 0.05) is 30.2 Å². The number of nitrogens with zero attached hydrogens (tertiary/aromatic N) is 2. The van der Waals surface area contributed by atoms with E-state index < -0.39 is 15.9 Å². The van der Waals surface area contributed by atoms with Crippen molar-refractivity contribution in [2.45, 2.75) is 25.3 Å². The van der Waals surface area contributed by atoms with E-state index in [0.717, 1.165) is 22.4 Å². The van der Waals surface area contributed by atoms with Crippen LogP contribution in [0.3, 0.4) is 0 Å². The van der Waals surface area contributed by atoms with Gasteiger partial charge in [-0.15, -0.1) is 0 Å². The maximum Gasteiger partial charge on any atom is 0.263 e. The van der Waals surface area contributed by atoms with E-state index in [0.29, 0.717) is 5.69 Å². The monoisotopic (exact) mass is 494 g/mol. The molecule has 4 rings (SSSR count). The Kier molecular flexibility index (Phi) is 6.72. The van der Waals surface area contributed by atoms with Gasteiger partial charge in [0.05, 0.1) is 17.0 Å². The second-order valence-corrected chi connectivity index (χ2v) is 9.89. The highest BCUT2D eigenvalue weighted by molar-refractivity contribution is 7.92. The topological polar surface area (TPSA) is 93.1 Å². The van der Waals surface area contributed by atoms with Crippen LogP contribution in [0.25, 0.3) is 5.69 Å². The van der Waals surface area contributed by atoms with Crippen LogP contribution in [0, 0.1) is 13.8 Å². The Morgan fingerprint density at radius 3 is 2.56 bits per heavy atom. The van der Waals surface area contributed by atoms with E-state index in [2.05, 4.69) is 15.0 Å². The number of amides is 1. The Labute approximate surface area is 203 Å². The van der Waals surface area contributed by atoms with Gasteiger partial charge in [-0.05, 0) is 66.9 Å². The molecule has 1 heterocycles. The van der Waals surface area contributed by atoms with Gasteiger partial charge in [-0.2, -0.15) is 0 Å². The molecule has 0 fully saturated rings. The van der Waals surface area contributed by atoms with E-state index >= 15 is 0 Å². The number of nitrogens with one attached hydrogen (secondary N) is 2. The number of imidazole rings is 1. The van der Waals surface area contributed by atoms with Crippen molar-refractivity contribution in [1.29, 1.82) is 0 Å². The van der Waals surface area contributed by atoms with E-state index in [1.54, 1.807) is 24.7 Å². The van der Waals surface area contributed by atoms with Crippen LogP contribution in [0.1, 0.15) is 27.0 Å². The lowest BCUT2D eigenvalue weighted by Gasteiger charge is -2.13. The minimum atomic E-state index is -4.01. The molecule has 0 aliphatic carbocycles. The van der Waals surface area contributed by atoms with Crippen LogP contribution >= 0.6 is 11.6 Å². The van der Waals surface area contributed by atoms with E-state index in [4.69, 9.17) is 11.6 Å². The quantitative estimate of drug-likeness (QED) is 0.383. The number of halogens is 1. The molecule has 0 saturated heterocycles. The number of hydrogen-bond donors (Lipinski definition) is 2. The molecule has 3 aromatic carbocycles. The highest BCUT2D eigenvalue weighted by Crippen LogP contribution is 2.26. The molecule has 4 aromatic rings. The highest BCUT2D eigenvalue weighted by atomic mass is 35.5. The molecule has 0 saturated carbocycles. The van der Waals surface area contributed by atoms with E-state index in [1.165, 1.54) is 18.2 Å². The number of benzene rings is 3. The molecule has 0 aliphatic heterocycles. The number of aromatic nitrogens is 2. The molecule has 0 bridgehead atoms. The lowest BCUT2D eigenvalue weighted by molar-refractivity contribution is 0.0950. The molecule has 0 atom stereocenters. The lowest BCUT2D eigenvalue weighted by atomic mass is 10.1. The number of carbonyl (C=O) groups excluding carboxylic acids is 1. The first-order valence-corrected chi connectivity index (χ1v) is 12.3. The molecular formula is C25H23ClN4O3S. The fraction of sp³-hybridized carbons (Fsp3) is 0.120. The van der Waals surface area contributed by atoms with Crippen LogP contribution in [0.4, 0.5) is 5.69 Å². The Balaban J connectivity index is 1.54. The maximum atomic E-state index is 13.0. The molecule has 174 valence electrons. The predicted molar refractivity (Wildman–Crippen MR) is 133 cm³/mol. The number of anilines is 1. The van der Waals surface area contributed by atoms with Gasteiger partial charge >= 0.3 is 0 Å². The molecule has 0 spiro atoms. The van der Waals surface area contributed by atoms with E-state index in [9.17, 15) is 13.2 Å². The fourth-order valence-corrected chi connectivity index (χ4v) is 5.03. The minimum absolute atomic E-state index is 0.0262. The van der Waals surface area contributed by atoms with Crippen LogP contribution in [0.15, 0.2) is 84.3 Å². The molecule has 0 unspecified atom stereocenters. The summed E-state index contributed by atoms with van der Waals surface area (Å²) < 4.78 is 30.4. The second kappa shape index (κ2) is 9.70.